The minimum atomic E-state index is -3.51. The maximum atomic E-state index is 12.3. The second-order valence-electron chi connectivity index (χ2n) is 7.00. The van der Waals surface area contributed by atoms with Crippen LogP contribution in [0.15, 0.2) is 47.4 Å². The molecule has 0 fully saturated rings. The third-order valence-corrected chi connectivity index (χ3v) is 5.68. The van der Waals surface area contributed by atoms with E-state index < -0.39 is 10.0 Å². The molecule has 1 amide bonds. The van der Waals surface area contributed by atoms with Crippen molar-refractivity contribution in [2.45, 2.75) is 31.6 Å². The van der Waals surface area contributed by atoms with Gasteiger partial charge in [0, 0.05) is 19.0 Å². The number of ether oxygens (including phenoxy) is 2. The molecule has 0 spiro atoms. The van der Waals surface area contributed by atoms with Crippen LogP contribution in [0.2, 0.25) is 0 Å². The van der Waals surface area contributed by atoms with Crippen molar-refractivity contribution in [2.24, 2.45) is 5.92 Å². The zero-order valence-electron chi connectivity index (χ0n) is 17.2. The summed E-state index contributed by atoms with van der Waals surface area (Å²) in [7, 11) is -0.428. The number of amides is 1. The first-order valence-corrected chi connectivity index (χ1v) is 10.8. The number of methoxy groups -OCH3 is 2. The maximum absolute atomic E-state index is 12.3. The van der Waals surface area contributed by atoms with E-state index in [1.807, 2.05) is 13.8 Å². The highest BCUT2D eigenvalue weighted by Crippen LogP contribution is 2.29. The third-order valence-electron chi connectivity index (χ3n) is 4.24. The number of anilines is 1. The third kappa shape index (κ3) is 6.76. The number of aryl methyl sites for hydroxylation is 1. The topological polar surface area (TPSA) is 93.7 Å². The first-order chi connectivity index (χ1) is 13.7. The van der Waals surface area contributed by atoms with Crippen molar-refractivity contribution in [3.63, 3.8) is 0 Å². The Balaban J connectivity index is 1.94. The molecule has 158 valence electrons. The van der Waals surface area contributed by atoms with Crippen molar-refractivity contribution in [2.75, 3.05) is 26.1 Å². The van der Waals surface area contributed by atoms with Crippen molar-refractivity contribution in [3.8, 4) is 11.5 Å². The van der Waals surface area contributed by atoms with E-state index in [-0.39, 0.29) is 23.1 Å². The van der Waals surface area contributed by atoms with Gasteiger partial charge in [-0.2, -0.15) is 0 Å². The molecule has 0 saturated carbocycles. The van der Waals surface area contributed by atoms with Crippen molar-refractivity contribution in [3.05, 3.63) is 48.0 Å². The Morgan fingerprint density at radius 1 is 1.03 bits per heavy atom. The second kappa shape index (κ2) is 10.3. The Kier molecular flexibility index (Phi) is 8.04. The van der Waals surface area contributed by atoms with Crippen molar-refractivity contribution in [1.82, 2.24) is 4.72 Å². The molecule has 0 unspecified atom stereocenters. The van der Waals surface area contributed by atoms with Gasteiger partial charge in [0.1, 0.15) is 11.5 Å². The van der Waals surface area contributed by atoms with E-state index in [1.165, 1.54) is 7.11 Å². The molecule has 0 bridgehead atoms. The van der Waals surface area contributed by atoms with Crippen LogP contribution in [0.1, 0.15) is 25.8 Å². The minimum absolute atomic E-state index is 0.163. The van der Waals surface area contributed by atoms with Gasteiger partial charge in [-0.1, -0.05) is 26.0 Å². The lowest BCUT2D eigenvalue weighted by atomic mass is 10.1. The van der Waals surface area contributed by atoms with E-state index in [0.717, 1.165) is 5.56 Å². The molecular weight excluding hydrogens is 392 g/mol. The van der Waals surface area contributed by atoms with Gasteiger partial charge in [-0.3, -0.25) is 4.79 Å². The largest absolute Gasteiger partial charge is 0.497 e. The van der Waals surface area contributed by atoms with Gasteiger partial charge in [0.05, 0.1) is 24.8 Å². The summed E-state index contributed by atoms with van der Waals surface area (Å²) in [4.78, 5) is 12.5. The SMILES string of the molecule is COc1ccc(NC(=O)CCc2ccc(S(=O)(=O)NCC(C)C)cc2)c(OC)c1. The number of carbonyl (C=O) groups is 1. The molecule has 0 aliphatic carbocycles. The van der Waals surface area contributed by atoms with E-state index in [1.54, 1.807) is 49.6 Å². The fourth-order valence-electron chi connectivity index (χ4n) is 2.57. The molecule has 2 aromatic rings. The van der Waals surface area contributed by atoms with Crippen LogP contribution >= 0.6 is 0 Å². The minimum Gasteiger partial charge on any atom is -0.497 e. The van der Waals surface area contributed by atoms with E-state index in [2.05, 4.69) is 10.0 Å². The molecule has 0 saturated heterocycles. The molecule has 29 heavy (non-hydrogen) atoms. The summed E-state index contributed by atoms with van der Waals surface area (Å²) in [5, 5.41) is 2.82. The van der Waals surface area contributed by atoms with Crippen molar-refractivity contribution < 1.29 is 22.7 Å². The fourth-order valence-corrected chi connectivity index (χ4v) is 3.78. The molecule has 0 aliphatic heterocycles. The van der Waals surface area contributed by atoms with Gasteiger partial charge in [-0.15, -0.1) is 0 Å². The normalized spacial score (nSPS) is 11.3. The molecule has 0 atom stereocenters. The van der Waals surface area contributed by atoms with Gasteiger partial charge < -0.3 is 14.8 Å². The number of hydrogen-bond acceptors (Lipinski definition) is 5. The van der Waals surface area contributed by atoms with Crippen LogP contribution in [0.3, 0.4) is 0 Å². The Labute approximate surface area is 172 Å². The number of sulfonamides is 1. The standard InChI is InChI=1S/C21H28N2O5S/c1-15(2)14-22-29(25,26)18-9-5-16(6-10-18)7-12-21(24)23-19-11-8-17(27-3)13-20(19)28-4/h5-6,8-11,13,15,22H,7,12,14H2,1-4H3,(H,23,24). The molecule has 2 aromatic carbocycles. The second-order valence-corrected chi connectivity index (χ2v) is 8.77. The highest BCUT2D eigenvalue weighted by molar-refractivity contribution is 7.89. The van der Waals surface area contributed by atoms with Crippen LogP contribution in [0.5, 0.6) is 11.5 Å². The van der Waals surface area contributed by atoms with Crippen LogP contribution < -0.4 is 19.5 Å². The number of carbonyl (C=O) groups excluding carboxylic acids is 1. The van der Waals surface area contributed by atoms with Crippen LogP contribution in [0.4, 0.5) is 5.69 Å². The summed E-state index contributed by atoms with van der Waals surface area (Å²) in [5.74, 6) is 1.22. The summed E-state index contributed by atoms with van der Waals surface area (Å²) in [6.45, 7) is 4.27. The summed E-state index contributed by atoms with van der Waals surface area (Å²) < 4.78 is 37.4. The molecule has 8 heteroatoms. The van der Waals surface area contributed by atoms with Crippen LogP contribution in [0, 0.1) is 5.92 Å². The van der Waals surface area contributed by atoms with E-state index in [0.29, 0.717) is 30.2 Å². The number of rotatable bonds is 10. The summed E-state index contributed by atoms with van der Waals surface area (Å²) in [5.41, 5.74) is 1.45. The number of benzene rings is 2. The Morgan fingerprint density at radius 2 is 1.72 bits per heavy atom. The molecule has 2 rings (SSSR count). The van der Waals surface area contributed by atoms with E-state index in [4.69, 9.17) is 9.47 Å². The summed E-state index contributed by atoms with van der Waals surface area (Å²) in [6.07, 6.45) is 0.747. The molecule has 0 aromatic heterocycles. The molecular formula is C21H28N2O5S. The average Bonchev–Trinajstić information content (AvgIpc) is 2.71. The molecule has 0 radical (unpaired) electrons. The predicted molar refractivity (Wildman–Crippen MR) is 113 cm³/mol. The van der Waals surface area contributed by atoms with Crippen LogP contribution in [0.25, 0.3) is 0 Å². The van der Waals surface area contributed by atoms with Gasteiger partial charge >= 0.3 is 0 Å². The van der Waals surface area contributed by atoms with Crippen molar-refractivity contribution >= 4 is 21.6 Å². The highest BCUT2D eigenvalue weighted by Gasteiger charge is 2.14. The predicted octanol–water partition coefficient (Wildman–Crippen LogP) is 3.21. The van der Waals surface area contributed by atoms with E-state index >= 15 is 0 Å². The summed E-state index contributed by atoms with van der Waals surface area (Å²) >= 11 is 0. The van der Waals surface area contributed by atoms with Gasteiger partial charge in [0.15, 0.2) is 0 Å². The van der Waals surface area contributed by atoms with Crippen LogP contribution in [-0.2, 0) is 21.2 Å². The van der Waals surface area contributed by atoms with E-state index in [9.17, 15) is 13.2 Å². The first kappa shape index (κ1) is 22.7. The zero-order valence-corrected chi connectivity index (χ0v) is 18.0. The van der Waals surface area contributed by atoms with Gasteiger partial charge in [-0.25, -0.2) is 13.1 Å². The zero-order chi connectivity index (χ0) is 21.4. The lowest BCUT2D eigenvalue weighted by molar-refractivity contribution is -0.116. The molecule has 0 heterocycles. The smallest absolute Gasteiger partial charge is 0.240 e. The van der Waals surface area contributed by atoms with Gasteiger partial charge in [0.25, 0.3) is 0 Å². The van der Waals surface area contributed by atoms with Crippen LogP contribution in [-0.4, -0.2) is 35.1 Å². The van der Waals surface area contributed by atoms with Gasteiger partial charge in [0.2, 0.25) is 15.9 Å². The quantitative estimate of drug-likeness (QED) is 0.616. The maximum Gasteiger partial charge on any atom is 0.240 e. The Hall–Kier alpha value is -2.58. The lowest BCUT2D eigenvalue weighted by Crippen LogP contribution is -2.27. The monoisotopic (exact) mass is 420 g/mol. The van der Waals surface area contributed by atoms with Crippen molar-refractivity contribution in [1.29, 1.82) is 0 Å². The molecule has 2 N–H and O–H groups in total. The lowest BCUT2D eigenvalue weighted by Gasteiger charge is -2.12. The first-order valence-electron chi connectivity index (χ1n) is 9.35. The van der Waals surface area contributed by atoms with Gasteiger partial charge in [-0.05, 0) is 42.2 Å². The molecule has 0 aliphatic rings. The number of hydrogen-bond donors (Lipinski definition) is 2. The highest BCUT2D eigenvalue weighted by atomic mass is 32.2. The summed E-state index contributed by atoms with van der Waals surface area (Å²) in [6, 6.07) is 11.7. The fraction of sp³-hybridized carbons (Fsp3) is 0.381. The molecule has 7 nitrogen and oxygen atoms in total. The average molecular weight is 421 g/mol. The Bertz CT molecular complexity index is 925. The number of nitrogens with one attached hydrogen (secondary N) is 2. The Morgan fingerprint density at radius 3 is 2.31 bits per heavy atom.